The summed E-state index contributed by atoms with van der Waals surface area (Å²) in [5.41, 5.74) is 2.18. The van der Waals surface area contributed by atoms with Crippen molar-refractivity contribution in [1.29, 1.82) is 0 Å². The number of ether oxygens (including phenoxy) is 2. The van der Waals surface area contributed by atoms with Crippen LogP contribution in [0.2, 0.25) is 0 Å². The van der Waals surface area contributed by atoms with Gasteiger partial charge >= 0.3 is 5.97 Å². The summed E-state index contributed by atoms with van der Waals surface area (Å²) >= 11 is 0. The standard InChI is InChI=1S/C18H17NO4/c1-22-14-9-16-15(17(10-14)23-2)6-7-19(16)11-12-4-3-5-13(8-12)18(20)21/h3-10H,11H2,1-2H3,(H,20,21). The molecular formula is C18H17NO4. The van der Waals surface area contributed by atoms with Gasteiger partial charge in [0.25, 0.3) is 0 Å². The van der Waals surface area contributed by atoms with Crippen molar-refractivity contribution in [3.05, 3.63) is 59.8 Å². The fourth-order valence-corrected chi connectivity index (χ4v) is 2.66. The molecule has 1 aromatic heterocycles. The second-order valence-corrected chi connectivity index (χ2v) is 5.21. The van der Waals surface area contributed by atoms with Crippen molar-refractivity contribution in [2.24, 2.45) is 0 Å². The number of aromatic nitrogens is 1. The van der Waals surface area contributed by atoms with E-state index < -0.39 is 5.97 Å². The van der Waals surface area contributed by atoms with Gasteiger partial charge in [0.15, 0.2) is 0 Å². The minimum absolute atomic E-state index is 0.286. The van der Waals surface area contributed by atoms with Crippen LogP contribution in [0.1, 0.15) is 15.9 Å². The molecule has 0 spiro atoms. The zero-order chi connectivity index (χ0) is 16.4. The first-order chi connectivity index (χ1) is 11.1. The van der Waals surface area contributed by atoms with Crippen LogP contribution in [-0.2, 0) is 6.54 Å². The molecule has 0 saturated carbocycles. The summed E-state index contributed by atoms with van der Waals surface area (Å²) in [5.74, 6) is 0.540. The predicted molar refractivity (Wildman–Crippen MR) is 87.5 cm³/mol. The van der Waals surface area contributed by atoms with E-state index in [-0.39, 0.29) is 5.56 Å². The molecule has 23 heavy (non-hydrogen) atoms. The molecular weight excluding hydrogens is 294 g/mol. The second-order valence-electron chi connectivity index (χ2n) is 5.21. The highest BCUT2D eigenvalue weighted by Gasteiger charge is 2.10. The Balaban J connectivity index is 2.03. The van der Waals surface area contributed by atoms with Gasteiger partial charge in [-0.05, 0) is 23.8 Å². The van der Waals surface area contributed by atoms with E-state index in [1.165, 1.54) is 0 Å². The molecule has 0 atom stereocenters. The lowest BCUT2D eigenvalue weighted by Crippen LogP contribution is -2.01. The minimum atomic E-state index is -0.924. The smallest absolute Gasteiger partial charge is 0.335 e. The molecule has 0 unspecified atom stereocenters. The van der Waals surface area contributed by atoms with Crippen LogP contribution in [0.15, 0.2) is 48.7 Å². The molecule has 0 aliphatic carbocycles. The minimum Gasteiger partial charge on any atom is -0.497 e. The van der Waals surface area contributed by atoms with E-state index >= 15 is 0 Å². The van der Waals surface area contributed by atoms with E-state index in [9.17, 15) is 4.79 Å². The molecule has 3 aromatic rings. The Labute approximate surface area is 133 Å². The number of methoxy groups -OCH3 is 2. The Morgan fingerprint density at radius 2 is 1.96 bits per heavy atom. The summed E-state index contributed by atoms with van der Waals surface area (Å²) in [6, 6.07) is 12.7. The monoisotopic (exact) mass is 311 g/mol. The van der Waals surface area contributed by atoms with Gasteiger partial charge in [-0.25, -0.2) is 4.79 Å². The van der Waals surface area contributed by atoms with Gasteiger partial charge < -0.3 is 19.1 Å². The normalized spacial score (nSPS) is 10.7. The molecule has 0 saturated heterocycles. The molecule has 0 bridgehead atoms. The number of hydrogen-bond donors (Lipinski definition) is 1. The van der Waals surface area contributed by atoms with Crippen LogP contribution >= 0.6 is 0 Å². The maximum atomic E-state index is 11.1. The van der Waals surface area contributed by atoms with Crippen LogP contribution in [0.25, 0.3) is 10.9 Å². The van der Waals surface area contributed by atoms with Crippen LogP contribution in [0.5, 0.6) is 11.5 Å². The molecule has 118 valence electrons. The quantitative estimate of drug-likeness (QED) is 0.784. The number of benzene rings is 2. The molecule has 1 heterocycles. The van der Waals surface area contributed by atoms with Gasteiger partial charge in [-0.1, -0.05) is 12.1 Å². The van der Waals surface area contributed by atoms with Crippen LogP contribution in [-0.4, -0.2) is 29.9 Å². The summed E-state index contributed by atoms with van der Waals surface area (Å²) in [7, 11) is 3.24. The molecule has 0 aliphatic heterocycles. The third kappa shape index (κ3) is 2.85. The van der Waals surface area contributed by atoms with Crippen LogP contribution < -0.4 is 9.47 Å². The molecule has 0 amide bonds. The van der Waals surface area contributed by atoms with Gasteiger partial charge in [-0.3, -0.25) is 0 Å². The first-order valence-corrected chi connectivity index (χ1v) is 7.15. The second kappa shape index (κ2) is 6.04. The van der Waals surface area contributed by atoms with Crippen LogP contribution in [0.4, 0.5) is 0 Å². The van der Waals surface area contributed by atoms with E-state index in [4.69, 9.17) is 14.6 Å². The highest BCUT2D eigenvalue weighted by molar-refractivity contribution is 5.89. The number of nitrogens with zero attached hydrogens (tertiary/aromatic N) is 1. The summed E-state index contributed by atoms with van der Waals surface area (Å²) in [6.07, 6.45) is 1.96. The van der Waals surface area contributed by atoms with Crippen molar-refractivity contribution >= 4 is 16.9 Å². The zero-order valence-electron chi connectivity index (χ0n) is 12.9. The maximum absolute atomic E-state index is 11.1. The van der Waals surface area contributed by atoms with E-state index in [1.54, 1.807) is 32.4 Å². The fraction of sp³-hybridized carbons (Fsp3) is 0.167. The van der Waals surface area contributed by atoms with E-state index in [0.717, 1.165) is 22.2 Å². The van der Waals surface area contributed by atoms with Gasteiger partial charge in [0.2, 0.25) is 0 Å². The van der Waals surface area contributed by atoms with Gasteiger partial charge in [-0.15, -0.1) is 0 Å². The summed E-state index contributed by atoms with van der Waals surface area (Å²) in [4.78, 5) is 11.1. The van der Waals surface area contributed by atoms with Crippen molar-refractivity contribution < 1.29 is 19.4 Å². The lowest BCUT2D eigenvalue weighted by Gasteiger charge is -2.10. The first kappa shape index (κ1) is 15.0. The summed E-state index contributed by atoms with van der Waals surface area (Å²) < 4.78 is 12.8. The molecule has 0 aliphatic rings. The highest BCUT2D eigenvalue weighted by Crippen LogP contribution is 2.32. The van der Waals surface area contributed by atoms with Crippen LogP contribution in [0, 0.1) is 0 Å². The number of rotatable bonds is 5. The van der Waals surface area contributed by atoms with Crippen molar-refractivity contribution in [2.75, 3.05) is 14.2 Å². The SMILES string of the molecule is COc1cc(OC)c2ccn(Cc3cccc(C(=O)O)c3)c2c1. The molecule has 1 N–H and O–H groups in total. The number of aromatic carboxylic acids is 1. The highest BCUT2D eigenvalue weighted by atomic mass is 16.5. The van der Waals surface area contributed by atoms with Crippen molar-refractivity contribution in [3.8, 4) is 11.5 Å². The molecule has 0 fully saturated rings. The molecule has 0 radical (unpaired) electrons. The first-order valence-electron chi connectivity index (χ1n) is 7.15. The molecule has 2 aromatic carbocycles. The summed E-state index contributed by atoms with van der Waals surface area (Å²) in [6.45, 7) is 0.570. The van der Waals surface area contributed by atoms with Gasteiger partial charge in [-0.2, -0.15) is 0 Å². The lowest BCUT2D eigenvalue weighted by molar-refractivity contribution is 0.0696. The van der Waals surface area contributed by atoms with Crippen LogP contribution in [0.3, 0.4) is 0 Å². The number of fused-ring (bicyclic) bond motifs is 1. The van der Waals surface area contributed by atoms with E-state index in [2.05, 4.69) is 0 Å². The third-order valence-electron chi connectivity index (χ3n) is 3.81. The molecule has 5 heteroatoms. The van der Waals surface area contributed by atoms with E-state index in [0.29, 0.717) is 12.3 Å². The number of carboxylic acid groups (broad SMARTS) is 1. The van der Waals surface area contributed by atoms with Crippen molar-refractivity contribution in [3.63, 3.8) is 0 Å². The average molecular weight is 311 g/mol. The van der Waals surface area contributed by atoms with Gasteiger partial charge in [0.1, 0.15) is 11.5 Å². The van der Waals surface area contributed by atoms with Crippen molar-refractivity contribution in [2.45, 2.75) is 6.54 Å². The Hall–Kier alpha value is -2.95. The van der Waals surface area contributed by atoms with Gasteiger partial charge in [0, 0.05) is 30.3 Å². The number of carboxylic acids is 1. The Kier molecular flexibility index (Phi) is 3.93. The van der Waals surface area contributed by atoms with Crippen molar-refractivity contribution in [1.82, 2.24) is 4.57 Å². The zero-order valence-corrected chi connectivity index (χ0v) is 12.9. The Morgan fingerprint density at radius 1 is 1.13 bits per heavy atom. The number of carbonyl (C=O) groups is 1. The predicted octanol–water partition coefficient (Wildman–Crippen LogP) is 3.41. The Morgan fingerprint density at radius 3 is 2.65 bits per heavy atom. The maximum Gasteiger partial charge on any atom is 0.335 e. The average Bonchev–Trinajstić information content (AvgIpc) is 2.97. The lowest BCUT2D eigenvalue weighted by atomic mass is 10.1. The van der Waals surface area contributed by atoms with Gasteiger partial charge in [0.05, 0.1) is 25.3 Å². The number of hydrogen-bond acceptors (Lipinski definition) is 3. The fourth-order valence-electron chi connectivity index (χ4n) is 2.66. The Bertz CT molecular complexity index is 867. The van der Waals surface area contributed by atoms with E-state index in [1.807, 2.05) is 35.0 Å². The topological polar surface area (TPSA) is 60.7 Å². The third-order valence-corrected chi connectivity index (χ3v) is 3.81. The summed E-state index contributed by atoms with van der Waals surface area (Å²) in [5, 5.41) is 10.1. The largest absolute Gasteiger partial charge is 0.497 e. The molecule has 5 nitrogen and oxygen atoms in total. The molecule has 3 rings (SSSR count).